The Kier molecular flexibility index (Phi) is 3.18. The molecule has 0 aliphatic heterocycles. The summed E-state index contributed by atoms with van der Waals surface area (Å²) in [5, 5.41) is -2.39. The molecule has 1 rings (SSSR count). The number of halogens is 4. The van der Waals surface area contributed by atoms with Crippen molar-refractivity contribution in [3.05, 3.63) is 34.9 Å². The molecule has 0 aromatic heterocycles. The first-order valence-electron chi connectivity index (χ1n) is 3.32. The van der Waals surface area contributed by atoms with Gasteiger partial charge in [-0.25, -0.2) is 8.78 Å². The lowest BCUT2D eigenvalue weighted by molar-refractivity contribution is 0.107. The van der Waals surface area contributed by atoms with E-state index in [2.05, 4.69) is 0 Å². The second-order valence-electron chi connectivity index (χ2n) is 2.36. The maximum absolute atomic E-state index is 13.2. The molecule has 0 unspecified atom stereocenters. The lowest BCUT2D eigenvalue weighted by atomic mass is 10.1. The minimum absolute atomic E-state index is 0.591. The fraction of sp³-hybridized carbons (Fsp3) is 0. The fourth-order valence-electron chi connectivity index (χ4n) is 0.875. The monoisotopic (exact) mass is 238 g/mol. The molecule has 0 radical (unpaired) electrons. The number of hydrogen-bond acceptors (Lipinski definition) is 2. The van der Waals surface area contributed by atoms with Crippen LogP contribution >= 0.6 is 23.2 Å². The second kappa shape index (κ2) is 4.02. The van der Waals surface area contributed by atoms with E-state index in [1.165, 1.54) is 0 Å². The van der Waals surface area contributed by atoms with E-state index >= 15 is 0 Å². The number of hydrogen-bond donors (Lipinski definition) is 0. The summed E-state index contributed by atoms with van der Waals surface area (Å²) in [6.45, 7) is 0. The van der Waals surface area contributed by atoms with Crippen LogP contribution in [0.1, 0.15) is 20.7 Å². The van der Waals surface area contributed by atoms with Crippen molar-refractivity contribution in [1.29, 1.82) is 0 Å². The molecule has 0 aliphatic rings. The van der Waals surface area contributed by atoms with Crippen LogP contribution in [0.2, 0.25) is 0 Å². The van der Waals surface area contributed by atoms with E-state index < -0.39 is 33.2 Å². The molecular weight excluding hydrogens is 237 g/mol. The van der Waals surface area contributed by atoms with E-state index in [0.717, 1.165) is 0 Å². The van der Waals surface area contributed by atoms with Crippen LogP contribution in [0.25, 0.3) is 0 Å². The highest BCUT2D eigenvalue weighted by atomic mass is 35.5. The molecule has 1 aromatic carbocycles. The van der Waals surface area contributed by atoms with E-state index in [1.807, 2.05) is 0 Å². The van der Waals surface area contributed by atoms with Crippen LogP contribution in [0.3, 0.4) is 0 Å². The molecule has 2 nitrogen and oxygen atoms in total. The van der Waals surface area contributed by atoms with Gasteiger partial charge in [-0.05, 0) is 35.3 Å². The zero-order chi connectivity index (χ0) is 10.9. The molecule has 0 saturated heterocycles. The van der Waals surface area contributed by atoms with Crippen LogP contribution in [0.15, 0.2) is 12.1 Å². The van der Waals surface area contributed by atoms with Crippen LogP contribution < -0.4 is 0 Å². The molecular formula is C8H2Cl2F2O2. The predicted octanol–water partition coefficient (Wildman–Crippen LogP) is 2.72. The highest BCUT2D eigenvalue weighted by Crippen LogP contribution is 2.18. The zero-order valence-corrected chi connectivity index (χ0v) is 7.99. The molecule has 0 fully saturated rings. The van der Waals surface area contributed by atoms with Gasteiger partial charge in [-0.15, -0.1) is 0 Å². The Labute approximate surface area is 87.4 Å². The van der Waals surface area contributed by atoms with Gasteiger partial charge in [-0.2, -0.15) is 0 Å². The van der Waals surface area contributed by atoms with Crippen molar-refractivity contribution >= 4 is 33.7 Å². The molecule has 6 heteroatoms. The highest BCUT2D eigenvalue weighted by Gasteiger charge is 2.19. The Hall–Kier alpha value is -1.00. The Bertz CT molecular complexity index is 383. The summed E-state index contributed by atoms with van der Waals surface area (Å²) >= 11 is 9.91. The summed E-state index contributed by atoms with van der Waals surface area (Å²) in [6.07, 6.45) is 0. The number of carbonyl (C=O) groups is 2. The zero-order valence-electron chi connectivity index (χ0n) is 6.48. The van der Waals surface area contributed by atoms with Gasteiger partial charge in [0.2, 0.25) is 0 Å². The van der Waals surface area contributed by atoms with Crippen molar-refractivity contribution in [1.82, 2.24) is 0 Å². The minimum atomic E-state index is -1.22. The van der Waals surface area contributed by atoms with Crippen molar-refractivity contribution in [3.8, 4) is 0 Å². The Morgan fingerprint density at radius 2 is 1.36 bits per heavy atom. The molecule has 1 aromatic rings. The Balaban J connectivity index is 3.47. The van der Waals surface area contributed by atoms with Crippen molar-refractivity contribution in [3.63, 3.8) is 0 Å². The average molecular weight is 239 g/mol. The van der Waals surface area contributed by atoms with Crippen LogP contribution in [-0.2, 0) is 0 Å². The van der Waals surface area contributed by atoms with Gasteiger partial charge in [0.25, 0.3) is 10.5 Å². The molecule has 74 valence electrons. The lowest BCUT2D eigenvalue weighted by Crippen LogP contribution is -2.03. The first-order valence-corrected chi connectivity index (χ1v) is 4.07. The maximum Gasteiger partial charge on any atom is 0.255 e. The van der Waals surface area contributed by atoms with E-state index in [1.54, 1.807) is 0 Å². The van der Waals surface area contributed by atoms with Gasteiger partial charge in [-0.1, -0.05) is 0 Å². The topological polar surface area (TPSA) is 34.1 Å². The standard InChI is InChI=1S/C8H2Cl2F2O2/c9-7(13)4-1-3(11)2-5(6(4)12)8(10)14/h1-2H. The van der Waals surface area contributed by atoms with E-state index in [9.17, 15) is 18.4 Å². The third-order valence-corrected chi connectivity index (χ3v) is 1.87. The quantitative estimate of drug-likeness (QED) is 0.743. The molecule has 0 atom stereocenters. The summed E-state index contributed by atoms with van der Waals surface area (Å²) in [5.41, 5.74) is -1.42. The Morgan fingerprint density at radius 3 is 1.64 bits per heavy atom. The van der Waals surface area contributed by atoms with Gasteiger partial charge in [0.15, 0.2) is 0 Å². The van der Waals surface area contributed by atoms with Gasteiger partial charge in [0, 0.05) is 0 Å². The van der Waals surface area contributed by atoms with Crippen molar-refractivity contribution in [2.24, 2.45) is 0 Å². The number of carbonyl (C=O) groups excluding carboxylic acids is 2. The summed E-state index contributed by atoms with van der Waals surface area (Å²) in [4.78, 5) is 21.2. The number of rotatable bonds is 2. The second-order valence-corrected chi connectivity index (χ2v) is 3.05. The fourth-order valence-corrected chi connectivity index (χ4v) is 1.15. The number of benzene rings is 1. The maximum atomic E-state index is 13.2. The molecule has 0 saturated carbocycles. The van der Waals surface area contributed by atoms with Crippen LogP contribution in [0, 0.1) is 11.6 Å². The Morgan fingerprint density at radius 1 is 1.00 bits per heavy atom. The van der Waals surface area contributed by atoms with Gasteiger partial charge in [-0.3, -0.25) is 9.59 Å². The van der Waals surface area contributed by atoms with Gasteiger partial charge in [0.1, 0.15) is 11.6 Å². The molecule has 0 heterocycles. The molecule has 0 spiro atoms. The van der Waals surface area contributed by atoms with E-state index in [-0.39, 0.29) is 0 Å². The molecule has 0 bridgehead atoms. The lowest BCUT2D eigenvalue weighted by Gasteiger charge is -2.01. The van der Waals surface area contributed by atoms with Crippen LogP contribution in [0.4, 0.5) is 8.78 Å². The van der Waals surface area contributed by atoms with Crippen LogP contribution in [0.5, 0.6) is 0 Å². The highest BCUT2D eigenvalue weighted by molar-refractivity contribution is 6.69. The summed E-state index contributed by atoms with van der Waals surface area (Å²) in [5.74, 6) is -2.18. The summed E-state index contributed by atoms with van der Waals surface area (Å²) < 4.78 is 25.9. The van der Waals surface area contributed by atoms with Crippen molar-refractivity contribution in [2.75, 3.05) is 0 Å². The van der Waals surface area contributed by atoms with Gasteiger partial charge in [0.05, 0.1) is 11.1 Å². The summed E-state index contributed by atoms with van der Waals surface area (Å²) in [7, 11) is 0. The van der Waals surface area contributed by atoms with Crippen LogP contribution in [-0.4, -0.2) is 10.5 Å². The summed E-state index contributed by atoms with van der Waals surface area (Å²) in [6, 6.07) is 1.18. The third-order valence-electron chi connectivity index (χ3n) is 1.46. The smallest absolute Gasteiger partial charge is 0.255 e. The minimum Gasteiger partial charge on any atom is -0.275 e. The largest absolute Gasteiger partial charge is 0.275 e. The third kappa shape index (κ3) is 2.08. The first kappa shape index (κ1) is 11.1. The van der Waals surface area contributed by atoms with Gasteiger partial charge >= 0.3 is 0 Å². The van der Waals surface area contributed by atoms with Crippen molar-refractivity contribution in [2.45, 2.75) is 0 Å². The normalized spacial score (nSPS) is 10.0. The molecule has 0 N–H and O–H groups in total. The predicted molar refractivity (Wildman–Crippen MR) is 46.7 cm³/mol. The average Bonchev–Trinajstić information content (AvgIpc) is 2.07. The molecule has 14 heavy (non-hydrogen) atoms. The van der Waals surface area contributed by atoms with E-state index in [4.69, 9.17) is 23.2 Å². The molecule has 0 aliphatic carbocycles. The molecule has 0 amide bonds. The van der Waals surface area contributed by atoms with Crippen molar-refractivity contribution < 1.29 is 18.4 Å². The van der Waals surface area contributed by atoms with Gasteiger partial charge < -0.3 is 0 Å². The first-order chi connectivity index (χ1) is 6.43. The van der Waals surface area contributed by atoms with E-state index in [0.29, 0.717) is 12.1 Å². The SMILES string of the molecule is O=C(Cl)c1cc(F)cc(C(=O)Cl)c1F.